The van der Waals surface area contributed by atoms with Gasteiger partial charge in [0, 0.05) is 31.7 Å². The minimum atomic E-state index is 0.701. The van der Waals surface area contributed by atoms with Gasteiger partial charge in [-0.25, -0.2) is 9.97 Å². The molecule has 8 heteroatoms. The Balaban J connectivity index is 1.48. The zero-order valence-electron chi connectivity index (χ0n) is 15.1. The third-order valence-corrected chi connectivity index (χ3v) is 4.90. The maximum Gasteiger partial charge on any atom is 0.197 e. The largest absolute Gasteiger partial charge is 0.356 e. The van der Waals surface area contributed by atoms with Gasteiger partial charge in [-0.1, -0.05) is 12.1 Å². The lowest BCUT2D eigenvalue weighted by Gasteiger charge is -2.18. The zero-order valence-corrected chi connectivity index (χ0v) is 15.9. The molecule has 0 unspecified atom stereocenters. The van der Waals surface area contributed by atoms with Gasteiger partial charge < -0.3 is 15.5 Å². The molecule has 0 aromatic carbocycles. The molecule has 7 nitrogen and oxygen atoms in total. The van der Waals surface area contributed by atoms with Crippen molar-refractivity contribution in [3.8, 4) is 11.4 Å². The van der Waals surface area contributed by atoms with Crippen LogP contribution in [0.5, 0.6) is 0 Å². The lowest BCUT2D eigenvalue weighted by Crippen LogP contribution is -2.35. The van der Waals surface area contributed by atoms with Crippen molar-refractivity contribution in [1.29, 1.82) is 0 Å². The van der Waals surface area contributed by atoms with E-state index in [2.05, 4.69) is 30.5 Å². The predicted octanol–water partition coefficient (Wildman–Crippen LogP) is 3.00. The van der Waals surface area contributed by atoms with Crippen molar-refractivity contribution in [2.75, 3.05) is 30.4 Å². The lowest BCUT2D eigenvalue weighted by atomic mass is 10.3. The van der Waals surface area contributed by atoms with E-state index in [1.807, 2.05) is 55.0 Å². The molecule has 2 N–H and O–H groups in total. The second-order valence-electron chi connectivity index (χ2n) is 6.23. The minimum absolute atomic E-state index is 0.701. The molecule has 27 heavy (non-hydrogen) atoms. The zero-order chi connectivity index (χ0) is 18.5. The first-order valence-electron chi connectivity index (χ1n) is 8.87. The van der Waals surface area contributed by atoms with Crippen LogP contribution in [0.25, 0.3) is 11.4 Å². The molecule has 4 heterocycles. The first-order chi connectivity index (χ1) is 13.3. The van der Waals surface area contributed by atoms with Gasteiger partial charge in [0.25, 0.3) is 0 Å². The molecule has 0 atom stereocenters. The summed E-state index contributed by atoms with van der Waals surface area (Å²) in [5.41, 5.74) is 2.71. The van der Waals surface area contributed by atoms with Gasteiger partial charge >= 0.3 is 0 Å². The van der Waals surface area contributed by atoms with Gasteiger partial charge in [-0.3, -0.25) is 9.98 Å². The van der Waals surface area contributed by atoms with E-state index in [0.717, 1.165) is 53.5 Å². The van der Waals surface area contributed by atoms with E-state index in [1.54, 1.807) is 11.3 Å². The Morgan fingerprint density at radius 1 is 1.15 bits per heavy atom. The molecule has 3 aromatic rings. The first kappa shape index (κ1) is 17.4. The van der Waals surface area contributed by atoms with Gasteiger partial charge in [-0.15, -0.1) is 11.3 Å². The van der Waals surface area contributed by atoms with Crippen molar-refractivity contribution >= 4 is 28.2 Å². The van der Waals surface area contributed by atoms with Crippen molar-refractivity contribution in [2.45, 2.75) is 13.0 Å². The average Bonchev–Trinajstić information content (AvgIpc) is 3.18. The number of aliphatic imine (C=N–C) groups is 1. The molecule has 0 aliphatic carbocycles. The fraction of sp³-hybridized carbons (Fsp3) is 0.263. The van der Waals surface area contributed by atoms with E-state index in [1.165, 1.54) is 0 Å². The average molecular weight is 379 g/mol. The number of aromatic nitrogens is 3. The van der Waals surface area contributed by atoms with E-state index < -0.39 is 0 Å². The van der Waals surface area contributed by atoms with Crippen LogP contribution in [0.1, 0.15) is 12.1 Å². The topological polar surface area (TPSA) is 78.3 Å². The Morgan fingerprint density at radius 3 is 2.93 bits per heavy atom. The molecule has 4 rings (SSSR count). The standard InChI is InChI=1S/C19H21N7S/c1-26(12-14-6-2-3-9-20-14)17-8-4-7-15(23-17)16-13-27-19(24-16)25-18-21-10-5-11-22-18/h2-4,6-9,13H,5,10-12H2,1H3,(H2,21,22,24,25). The Labute approximate surface area is 162 Å². The molecule has 1 aliphatic heterocycles. The van der Waals surface area contributed by atoms with Crippen LogP contribution in [-0.4, -0.2) is 41.0 Å². The highest BCUT2D eigenvalue weighted by Gasteiger charge is 2.11. The summed E-state index contributed by atoms with van der Waals surface area (Å²) >= 11 is 1.55. The molecule has 0 bridgehead atoms. The van der Waals surface area contributed by atoms with E-state index >= 15 is 0 Å². The van der Waals surface area contributed by atoms with Gasteiger partial charge in [0.2, 0.25) is 0 Å². The number of guanidine groups is 1. The summed E-state index contributed by atoms with van der Waals surface area (Å²) in [5.74, 6) is 1.68. The Kier molecular flexibility index (Phi) is 5.24. The Morgan fingerprint density at radius 2 is 2.11 bits per heavy atom. The second kappa shape index (κ2) is 8.13. The summed E-state index contributed by atoms with van der Waals surface area (Å²) in [6, 6.07) is 11.9. The Hall–Kier alpha value is -3.00. The number of rotatable bonds is 5. The van der Waals surface area contributed by atoms with Crippen LogP contribution >= 0.6 is 11.3 Å². The van der Waals surface area contributed by atoms with E-state index in [9.17, 15) is 0 Å². The normalized spacial score (nSPS) is 13.6. The number of nitrogens with zero attached hydrogens (tertiary/aromatic N) is 5. The maximum atomic E-state index is 4.77. The summed E-state index contributed by atoms with van der Waals surface area (Å²) < 4.78 is 0. The molecule has 0 amide bonds. The van der Waals surface area contributed by atoms with Crippen molar-refractivity contribution in [3.05, 3.63) is 53.7 Å². The van der Waals surface area contributed by atoms with Gasteiger partial charge in [-0.2, -0.15) is 0 Å². The van der Waals surface area contributed by atoms with E-state index in [-0.39, 0.29) is 0 Å². The van der Waals surface area contributed by atoms with Crippen LogP contribution < -0.4 is 15.5 Å². The van der Waals surface area contributed by atoms with Gasteiger partial charge in [0.1, 0.15) is 11.5 Å². The van der Waals surface area contributed by atoms with Gasteiger partial charge in [0.05, 0.1) is 17.9 Å². The number of thiazole rings is 1. The number of nitrogens with one attached hydrogen (secondary N) is 2. The molecule has 0 radical (unpaired) electrons. The second-order valence-corrected chi connectivity index (χ2v) is 7.09. The molecule has 3 aromatic heterocycles. The molecular formula is C19H21N7S. The van der Waals surface area contributed by atoms with Crippen molar-refractivity contribution in [2.24, 2.45) is 4.99 Å². The van der Waals surface area contributed by atoms with Crippen LogP contribution in [0.3, 0.4) is 0 Å². The molecule has 0 fully saturated rings. The Bertz CT molecular complexity index is 923. The van der Waals surface area contributed by atoms with Crippen LogP contribution in [0.4, 0.5) is 10.9 Å². The molecule has 138 valence electrons. The summed E-state index contributed by atoms with van der Waals surface area (Å²) in [6.45, 7) is 2.49. The molecule has 0 saturated heterocycles. The van der Waals surface area contributed by atoms with Crippen LogP contribution in [-0.2, 0) is 6.54 Å². The smallest absolute Gasteiger partial charge is 0.197 e. The van der Waals surface area contributed by atoms with Crippen LogP contribution in [0.2, 0.25) is 0 Å². The van der Waals surface area contributed by atoms with Crippen molar-refractivity contribution in [3.63, 3.8) is 0 Å². The predicted molar refractivity (Wildman–Crippen MR) is 110 cm³/mol. The summed E-state index contributed by atoms with van der Waals surface area (Å²) in [7, 11) is 2.02. The molecule has 1 aliphatic rings. The van der Waals surface area contributed by atoms with Gasteiger partial charge in [0.15, 0.2) is 11.1 Å². The van der Waals surface area contributed by atoms with Crippen molar-refractivity contribution in [1.82, 2.24) is 20.3 Å². The third kappa shape index (κ3) is 4.40. The number of anilines is 2. The number of hydrogen-bond donors (Lipinski definition) is 2. The quantitative estimate of drug-likeness (QED) is 0.710. The summed E-state index contributed by atoms with van der Waals surface area (Å²) in [6.07, 6.45) is 2.87. The lowest BCUT2D eigenvalue weighted by molar-refractivity contribution is 0.740. The van der Waals surface area contributed by atoms with E-state index in [0.29, 0.717) is 6.54 Å². The highest BCUT2D eigenvalue weighted by atomic mass is 32.1. The summed E-state index contributed by atoms with van der Waals surface area (Å²) in [4.78, 5) is 20.3. The highest BCUT2D eigenvalue weighted by molar-refractivity contribution is 7.14. The highest BCUT2D eigenvalue weighted by Crippen LogP contribution is 2.25. The number of pyridine rings is 2. The maximum absolute atomic E-state index is 4.77. The monoisotopic (exact) mass is 379 g/mol. The van der Waals surface area contributed by atoms with E-state index in [4.69, 9.17) is 4.98 Å². The number of hydrogen-bond acceptors (Lipinski definition) is 8. The SMILES string of the molecule is CN(Cc1ccccn1)c1cccc(-c2csc(NC3=NCCCN3)n2)n1. The molecule has 0 saturated carbocycles. The van der Waals surface area contributed by atoms with Crippen LogP contribution in [0, 0.1) is 0 Å². The molecule has 0 spiro atoms. The van der Waals surface area contributed by atoms with Gasteiger partial charge in [-0.05, 0) is 30.7 Å². The fourth-order valence-electron chi connectivity index (χ4n) is 2.76. The summed E-state index contributed by atoms with van der Waals surface area (Å²) in [5, 5.41) is 9.30. The van der Waals surface area contributed by atoms with Crippen LogP contribution in [0.15, 0.2) is 53.0 Å². The molecular weight excluding hydrogens is 358 g/mol. The minimum Gasteiger partial charge on any atom is -0.356 e. The fourth-order valence-corrected chi connectivity index (χ4v) is 3.46. The first-order valence-corrected chi connectivity index (χ1v) is 9.75. The van der Waals surface area contributed by atoms with Crippen molar-refractivity contribution < 1.29 is 0 Å². The third-order valence-electron chi connectivity index (χ3n) is 4.14.